The van der Waals surface area contributed by atoms with Crippen molar-refractivity contribution in [1.82, 2.24) is 0 Å². The number of benzene rings is 2. The van der Waals surface area contributed by atoms with Crippen molar-refractivity contribution in [3.63, 3.8) is 0 Å². The number of carbonyl (C=O) groups excluding carboxylic acids is 2. The Kier molecular flexibility index (Phi) is 4.44. The van der Waals surface area contributed by atoms with Gasteiger partial charge in [-0.25, -0.2) is 0 Å². The first kappa shape index (κ1) is 15.6. The van der Waals surface area contributed by atoms with Gasteiger partial charge in [0, 0.05) is 23.1 Å². The Bertz CT molecular complexity index is 956. The lowest BCUT2D eigenvalue weighted by molar-refractivity contribution is -0.659. The van der Waals surface area contributed by atoms with Crippen LogP contribution in [-0.4, -0.2) is 11.6 Å². The molecule has 3 rings (SSSR count). The highest BCUT2D eigenvalue weighted by atomic mass is 16.1. The number of pyridine rings is 1. The Morgan fingerprint density at radius 3 is 2.33 bits per heavy atom. The average Bonchev–Trinajstić information content (AvgIpc) is 2.63. The summed E-state index contributed by atoms with van der Waals surface area (Å²) < 4.78 is 1.70. The molecule has 4 nitrogen and oxygen atoms in total. The van der Waals surface area contributed by atoms with Crippen molar-refractivity contribution >= 4 is 22.5 Å². The molecule has 0 saturated carbocycles. The van der Waals surface area contributed by atoms with Gasteiger partial charge in [0.2, 0.25) is 23.6 Å². The topological polar surface area (TPSA) is 61.8 Å². The number of nitriles is 1. The Morgan fingerprint density at radius 2 is 1.58 bits per heavy atom. The Morgan fingerprint density at radius 1 is 0.875 bits per heavy atom. The molecule has 1 aromatic heterocycles. The van der Waals surface area contributed by atoms with Crippen molar-refractivity contribution < 1.29 is 14.2 Å². The molecule has 0 N–H and O–H groups in total. The fraction of sp³-hybridized carbons (Fsp3) is 0.100. The molecule has 0 aliphatic rings. The zero-order chi connectivity index (χ0) is 16.9. The molecule has 3 aromatic rings. The Labute approximate surface area is 139 Å². The molecule has 0 radical (unpaired) electrons. The molecule has 116 valence electrons. The predicted octanol–water partition coefficient (Wildman–Crippen LogP) is 3.11. The first-order valence-corrected chi connectivity index (χ1v) is 7.60. The van der Waals surface area contributed by atoms with Gasteiger partial charge in [-0.2, -0.15) is 9.83 Å². The maximum absolute atomic E-state index is 12.6. The first-order chi connectivity index (χ1) is 11.7. The van der Waals surface area contributed by atoms with Gasteiger partial charge in [0.15, 0.2) is 0 Å². The van der Waals surface area contributed by atoms with E-state index in [9.17, 15) is 9.59 Å². The van der Waals surface area contributed by atoms with E-state index in [0.29, 0.717) is 11.3 Å². The third-order valence-corrected chi connectivity index (χ3v) is 3.86. The highest BCUT2D eigenvalue weighted by molar-refractivity contribution is 5.97. The van der Waals surface area contributed by atoms with E-state index < -0.39 is 0 Å². The summed E-state index contributed by atoms with van der Waals surface area (Å²) in [6.07, 6.45) is -0.210. The summed E-state index contributed by atoms with van der Waals surface area (Å²) in [6.45, 7) is 0.0534. The van der Waals surface area contributed by atoms with E-state index in [-0.39, 0.29) is 24.5 Å². The summed E-state index contributed by atoms with van der Waals surface area (Å²) in [5, 5.41) is 9.75. The first-order valence-electron chi connectivity index (χ1n) is 7.60. The van der Waals surface area contributed by atoms with Crippen molar-refractivity contribution in [1.29, 1.82) is 5.26 Å². The number of aromatic nitrogens is 1. The SMILES string of the molecule is N#CCC(=O)c1ccc2ccccc2[n+]1CC(=O)c1ccccc1. The summed E-state index contributed by atoms with van der Waals surface area (Å²) in [5.74, 6) is -0.368. The molecule has 0 fully saturated rings. The minimum Gasteiger partial charge on any atom is -0.287 e. The average molecular weight is 315 g/mol. The molecule has 2 aromatic carbocycles. The highest BCUT2D eigenvalue weighted by Crippen LogP contribution is 2.12. The molecule has 0 amide bonds. The summed E-state index contributed by atoms with van der Waals surface area (Å²) in [5.41, 5.74) is 1.77. The van der Waals surface area contributed by atoms with Crippen LogP contribution in [0, 0.1) is 11.3 Å². The number of ketones is 2. The monoisotopic (exact) mass is 315 g/mol. The molecule has 0 unspecified atom stereocenters. The molecule has 0 bridgehead atoms. The van der Waals surface area contributed by atoms with Crippen molar-refractivity contribution in [2.24, 2.45) is 0 Å². The van der Waals surface area contributed by atoms with E-state index in [2.05, 4.69) is 0 Å². The third kappa shape index (κ3) is 3.06. The van der Waals surface area contributed by atoms with Gasteiger partial charge in [-0.1, -0.05) is 42.5 Å². The number of para-hydroxylation sites is 1. The lowest BCUT2D eigenvalue weighted by atomic mass is 10.1. The number of carbonyl (C=O) groups is 2. The molecule has 4 heteroatoms. The van der Waals surface area contributed by atoms with Crippen molar-refractivity contribution in [3.8, 4) is 6.07 Å². The normalized spacial score (nSPS) is 10.3. The maximum atomic E-state index is 12.6. The fourth-order valence-electron chi connectivity index (χ4n) is 2.70. The minimum atomic E-state index is -0.288. The van der Waals surface area contributed by atoms with Gasteiger partial charge in [0.05, 0.1) is 6.07 Å². The fourth-order valence-corrected chi connectivity index (χ4v) is 2.70. The lowest BCUT2D eigenvalue weighted by Gasteiger charge is -2.06. The van der Waals surface area contributed by atoms with Crippen LogP contribution in [0.4, 0.5) is 0 Å². The summed E-state index contributed by atoms with van der Waals surface area (Å²) >= 11 is 0. The van der Waals surface area contributed by atoms with Crippen LogP contribution < -0.4 is 4.57 Å². The van der Waals surface area contributed by atoms with E-state index in [0.717, 1.165) is 10.9 Å². The Balaban J connectivity index is 2.10. The molecule has 0 spiro atoms. The van der Waals surface area contributed by atoms with Gasteiger partial charge >= 0.3 is 0 Å². The molecular weight excluding hydrogens is 300 g/mol. The molecular formula is C20H15N2O2+. The molecule has 0 atom stereocenters. The highest BCUT2D eigenvalue weighted by Gasteiger charge is 2.24. The van der Waals surface area contributed by atoms with Crippen LogP contribution in [0.25, 0.3) is 10.9 Å². The number of hydrogen-bond donors (Lipinski definition) is 0. The van der Waals surface area contributed by atoms with Gasteiger partial charge in [0.1, 0.15) is 6.42 Å². The second kappa shape index (κ2) is 6.84. The van der Waals surface area contributed by atoms with Crippen molar-refractivity contribution in [2.45, 2.75) is 13.0 Å². The number of fused-ring (bicyclic) bond motifs is 1. The van der Waals surface area contributed by atoms with Gasteiger partial charge in [0.25, 0.3) is 5.69 Å². The molecule has 0 aliphatic heterocycles. The van der Waals surface area contributed by atoms with Gasteiger partial charge in [-0.15, -0.1) is 0 Å². The van der Waals surface area contributed by atoms with E-state index in [1.54, 1.807) is 22.8 Å². The van der Waals surface area contributed by atoms with E-state index in [4.69, 9.17) is 5.26 Å². The third-order valence-electron chi connectivity index (χ3n) is 3.86. The predicted molar refractivity (Wildman–Crippen MR) is 89.5 cm³/mol. The smallest absolute Gasteiger partial charge is 0.250 e. The summed E-state index contributed by atoms with van der Waals surface area (Å²) in [7, 11) is 0. The van der Waals surface area contributed by atoms with Crippen LogP contribution in [-0.2, 0) is 6.54 Å². The second-order valence-electron chi connectivity index (χ2n) is 5.41. The van der Waals surface area contributed by atoms with Crippen molar-refractivity contribution in [3.05, 3.63) is 78.0 Å². The Hall–Kier alpha value is -3.32. The van der Waals surface area contributed by atoms with Crippen LogP contribution in [0.1, 0.15) is 27.3 Å². The lowest BCUT2D eigenvalue weighted by Crippen LogP contribution is -2.44. The standard InChI is InChI=1S/C20H15N2O2/c21-13-12-19(23)18-11-10-15-6-4-5-9-17(15)22(18)14-20(24)16-7-2-1-3-8-16/h1-11H,12,14H2/q+1. The molecule has 0 saturated heterocycles. The zero-order valence-electron chi connectivity index (χ0n) is 13.0. The number of Topliss-reactive ketones (excluding diaryl/α,β-unsaturated/α-hetero) is 2. The molecule has 0 aliphatic carbocycles. The maximum Gasteiger partial charge on any atom is 0.250 e. The van der Waals surface area contributed by atoms with E-state index in [1.807, 2.05) is 54.6 Å². The van der Waals surface area contributed by atoms with Crippen LogP contribution >= 0.6 is 0 Å². The minimum absolute atomic E-state index is 0.0534. The van der Waals surface area contributed by atoms with Gasteiger partial charge in [-0.05, 0) is 12.1 Å². The van der Waals surface area contributed by atoms with Crippen LogP contribution in [0.15, 0.2) is 66.7 Å². The molecule has 1 heterocycles. The number of hydrogen-bond acceptors (Lipinski definition) is 3. The largest absolute Gasteiger partial charge is 0.287 e. The quantitative estimate of drug-likeness (QED) is 0.537. The summed E-state index contributed by atoms with van der Waals surface area (Å²) in [6, 6.07) is 21.9. The van der Waals surface area contributed by atoms with Crippen LogP contribution in [0.3, 0.4) is 0 Å². The zero-order valence-corrected chi connectivity index (χ0v) is 13.0. The van der Waals surface area contributed by atoms with E-state index in [1.165, 1.54) is 0 Å². The van der Waals surface area contributed by atoms with Gasteiger partial charge < -0.3 is 0 Å². The summed E-state index contributed by atoms with van der Waals surface area (Å²) in [4.78, 5) is 24.9. The number of nitrogens with zero attached hydrogens (tertiary/aromatic N) is 2. The number of rotatable bonds is 5. The second-order valence-corrected chi connectivity index (χ2v) is 5.41. The van der Waals surface area contributed by atoms with Crippen LogP contribution in [0.5, 0.6) is 0 Å². The van der Waals surface area contributed by atoms with Gasteiger partial charge in [-0.3, -0.25) is 9.59 Å². The van der Waals surface area contributed by atoms with Crippen LogP contribution in [0.2, 0.25) is 0 Å². The van der Waals surface area contributed by atoms with Crippen molar-refractivity contribution in [2.75, 3.05) is 0 Å². The molecule has 24 heavy (non-hydrogen) atoms. The van der Waals surface area contributed by atoms with E-state index >= 15 is 0 Å².